The molecular weight excluding hydrogens is 464 g/mol. The van der Waals surface area contributed by atoms with Gasteiger partial charge in [-0.15, -0.1) is 0 Å². The van der Waals surface area contributed by atoms with E-state index in [4.69, 9.17) is 9.47 Å². The summed E-state index contributed by atoms with van der Waals surface area (Å²) >= 11 is 0. The number of anilines is 1. The second-order valence-electron chi connectivity index (χ2n) is 8.71. The fourth-order valence-corrected chi connectivity index (χ4v) is 5.25. The predicted molar refractivity (Wildman–Crippen MR) is 135 cm³/mol. The van der Waals surface area contributed by atoms with Crippen LogP contribution in [-0.2, 0) is 21.4 Å². The molecule has 1 saturated heterocycles. The Morgan fingerprint density at radius 2 is 1.71 bits per heavy atom. The zero-order valence-corrected chi connectivity index (χ0v) is 20.8. The number of sulfonamides is 1. The van der Waals surface area contributed by atoms with Crippen LogP contribution in [0, 0.1) is 0 Å². The van der Waals surface area contributed by atoms with Gasteiger partial charge in [-0.2, -0.15) is 4.31 Å². The van der Waals surface area contributed by atoms with Crippen LogP contribution in [-0.4, -0.2) is 44.9 Å². The molecule has 1 N–H and O–H groups in total. The van der Waals surface area contributed by atoms with Gasteiger partial charge < -0.3 is 14.8 Å². The third-order valence-corrected chi connectivity index (χ3v) is 7.74. The van der Waals surface area contributed by atoms with Gasteiger partial charge in [-0.05, 0) is 59.5 Å². The first-order valence-corrected chi connectivity index (χ1v) is 13.1. The number of carbonyl (C=O) groups is 1. The highest BCUT2D eigenvalue weighted by Crippen LogP contribution is 2.22. The third-order valence-electron chi connectivity index (χ3n) is 5.84. The first kappa shape index (κ1) is 24.9. The van der Waals surface area contributed by atoms with Gasteiger partial charge in [0.1, 0.15) is 12.4 Å². The number of morpholine rings is 1. The molecule has 0 bridgehead atoms. The summed E-state index contributed by atoms with van der Waals surface area (Å²) in [6.07, 6.45) is 0. The van der Waals surface area contributed by atoms with Gasteiger partial charge in [0.2, 0.25) is 10.0 Å². The van der Waals surface area contributed by atoms with Crippen molar-refractivity contribution in [3.8, 4) is 5.75 Å². The number of benzene rings is 3. The molecule has 1 fully saturated rings. The fraction of sp³-hybridized carbons (Fsp3) is 0.296. The lowest BCUT2D eigenvalue weighted by Gasteiger charge is -2.26. The van der Waals surface area contributed by atoms with E-state index in [0.29, 0.717) is 50.1 Å². The second-order valence-corrected chi connectivity index (χ2v) is 10.6. The summed E-state index contributed by atoms with van der Waals surface area (Å²) in [5.41, 5.74) is 2.98. The molecule has 8 heteroatoms. The maximum Gasteiger partial charge on any atom is 0.255 e. The van der Waals surface area contributed by atoms with Crippen LogP contribution >= 0.6 is 0 Å². The first-order valence-electron chi connectivity index (χ1n) is 11.6. The number of nitrogens with zero attached hydrogens (tertiary/aromatic N) is 1. The summed E-state index contributed by atoms with van der Waals surface area (Å²) in [6.45, 7) is 6.00. The molecule has 1 aliphatic rings. The van der Waals surface area contributed by atoms with Crippen LogP contribution in [0.3, 0.4) is 0 Å². The number of hydrogen-bond donors (Lipinski definition) is 1. The minimum atomic E-state index is -3.65. The fourth-order valence-electron chi connectivity index (χ4n) is 3.79. The summed E-state index contributed by atoms with van der Waals surface area (Å²) in [5.74, 6) is 0.899. The Balaban J connectivity index is 1.41. The number of ether oxygens (including phenoxy) is 2. The van der Waals surface area contributed by atoms with Crippen LogP contribution < -0.4 is 10.1 Å². The van der Waals surface area contributed by atoms with Gasteiger partial charge in [0, 0.05) is 24.3 Å². The zero-order valence-electron chi connectivity index (χ0n) is 19.9. The van der Waals surface area contributed by atoms with Crippen LogP contribution in [0.25, 0.3) is 0 Å². The lowest BCUT2D eigenvalue weighted by atomic mass is 10.0. The van der Waals surface area contributed by atoms with E-state index in [1.54, 1.807) is 30.3 Å². The second kappa shape index (κ2) is 11.0. The zero-order chi connectivity index (χ0) is 24.8. The summed E-state index contributed by atoms with van der Waals surface area (Å²) < 4.78 is 38.4. The molecule has 3 aromatic rings. The maximum absolute atomic E-state index is 12.9. The molecule has 4 rings (SSSR count). The van der Waals surface area contributed by atoms with Crippen molar-refractivity contribution >= 4 is 21.6 Å². The van der Waals surface area contributed by atoms with E-state index < -0.39 is 10.0 Å². The Morgan fingerprint density at radius 1 is 1.00 bits per heavy atom. The van der Waals surface area contributed by atoms with E-state index >= 15 is 0 Å². The highest BCUT2D eigenvalue weighted by Gasteiger charge is 2.26. The maximum atomic E-state index is 12.9. The van der Waals surface area contributed by atoms with Crippen molar-refractivity contribution in [2.45, 2.75) is 31.3 Å². The van der Waals surface area contributed by atoms with Crippen molar-refractivity contribution < 1.29 is 22.7 Å². The quantitative estimate of drug-likeness (QED) is 0.492. The molecule has 35 heavy (non-hydrogen) atoms. The number of hydrogen-bond acceptors (Lipinski definition) is 5. The van der Waals surface area contributed by atoms with E-state index in [2.05, 4.69) is 31.3 Å². The lowest BCUT2D eigenvalue weighted by Crippen LogP contribution is -2.40. The number of rotatable bonds is 8. The summed E-state index contributed by atoms with van der Waals surface area (Å²) in [5, 5.41) is 2.80. The molecule has 1 amide bonds. The minimum absolute atomic E-state index is 0.142. The van der Waals surface area contributed by atoms with Crippen LogP contribution in [0.4, 0.5) is 5.69 Å². The summed E-state index contributed by atoms with van der Waals surface area (Å²) in [6, 6.07) is 21.5. The number of nitrogens with one attached hydrogen (secondary N) is 1. The van der Waals surface area contributed by atoms with Crippen molar-refractivity contribution in [3.63, 3.8) is 0 Å². The number of carbonyl (C=O) groups excluding carboxylic acids is 1. The lowest BCUT2D eigenvalue weighted by molar-refractivity contribution is 0.0730. The summed E-state index contributed by atoms with van der Waals surface area (Å²) in [4.78, 5) is 13.0. The Labute approximate surface area is 206 Å². The van der Waals surface area contributed by atoms with Crippen molar-refractivity contribution in [1.29, 1.82) is 0 Å². The molecule has 1 heterocycles. The van der Waals surface area contributed by atoms with E-state index in [0.717, 1.165) is 11.3 Å². The van der Waals surface area contributed by atoms with Gasteiger partial charge in [-0.1, -0.05) is 44.2 Å². The van der Waals surface area contributed by atoms with Gasteiger partial charge in [0.15, 0.2) is 0 Å². The van der Waals surface area contributed by atoms with E-state index in [-0.39, 0.29) is 10.8 Å². The number of amides is 1. The monoisotopic (exact) mass is 494 g/mol. The van der Waals surface area contributed by atoms with Crippen LogP contribution in [0.1, 0.15) is 41.3 Å². The van der Waals surface area contributed by atoms with Gasteiger partial charge in [-0.3, -0.25) is 4.79 Å². The van der Waals surface area contributed by atoms with E-state index in [1.165, 1.54) is 22.0 Å². The Morgan fingerprint density at radius 3 is 2.43 bits per heavy atom. The van der Waals surface area contributed by atoms with Gasteiger partial charge in [0.05, 0.1) is 18.1 Å². The molecule has 0 saturated carbocycles. The Bertz CT molecular complexity index is 1270. The predicted octanol–water partition coefficient (Wildman–Crippen LogP) is 4.66. The normalized spacial score (nSPS) is 14.6. The minimum Gasteiger partial charge on any atom is -0.489 e. The van der Waals surface area contributed by atoms with Crippen molar-refractivity contribution in [1.82, 2.24) is 4.31 Å². The molecule has 7 nitrogen and oxygen atoms in total. The molecule has 3 aromatic carbocycles. The average molecular weight is 495 g/mol. The Hall–Kier alpha value is -3.20. The van der Waals surface area contributed by atoms with Crippen LogP contribution in [0.2, 0.25) is 0 Å². The summed E-state index contributed by atoms with van der Waals surface area (Å²) in [7, 11) is -3.65. The molecule has 0 aliphatic carbocycles. The SMILES string of the molecule is CC(C)c1ccc(OCc2cccc(C(=O)Nc3cccc(S(=O)(=O)N4CCOCC4)c3)c2)cc1. The molecule has 0 spiro atoms. The first-order chi connectivity index (χ1) is 16.8. The molecular formula is C27H30N2O5S. The molecule has 184 valence electrons. The molecule has 1 aliphatic heterocycles. The third kappa shape index (κ3) is 6.28. The highest BCUT2D eigenvalue weighted by atomic mass is 32.2. The van der Waals surface area contributed by atoms with Gasteiger partial charge >= 0.3 is 0 Å². The molecule has 0 atom stereocenters. The average Bonchev–Trinajstić information content (AvgIpc) is 2.88. The highest BCUT2D eigenvalue weighted by molar-refractivity contribution is 7.89. The van der Waals surface area contributed by atoms with Crippen LogP contribution in [0.15, 0.2) is 77.7 Å². The topological polar surface area (TPSA) is 84.9 Å². The van der Waals surface area contributed by atoms with E-state index in [9.17, 15) is 13.2 Å². The van der Waals surface area contributed by atoms with Gasteiger partial charge in [0.25, 0.3) is 5.91 Å². The largest absolute Gasteiger partial charge is 0.489 e. The Kier molecular flexibility index (Phi) is 7.85. The van der Waals surface area contributed by atoms with Crippen LogP contribution in [0.5, 0.6) is 5.75 Å². The smallest absolute Gasteiger partial charge is 0.255 e. The molecule has 0 radical (unpaired) electrons. The van der Waals surface area contributed by atoms with Gasteiger partial charge in [-0.25, -0.2) is 8.42 Å². The van der Waals surface area contributed by atoms with Crippen molar-refractivity contribution in [3.05, 3.63) is 89.5 Å². The standard InChI is InChI=1S/C27H30N2O5S/c1-20(2)22-9-11-25(12-10-22)34-19-21-5-3-6-23(17-21)27(30)28-24-7-4-8-26(18-24)35(31,32)29-13-15-33-16-14-29/h3-12,17-18,20H,13-16,19H2,1-2H3,(H,28,30). The van der Waals surface area contributed by atoms with Crippen molar-refractivity contribution in [2.75, 3.05) is 31.6 Å². The molecule has 0 unspecified atom stereocenters. The molecule has 0 aromatic heterocycles. The van der Waals surface area contributed by atoms with Crippen molar-refractivity contribution in [2.24, 2.45) is 0 Å². The van der Waals surface area contributed by atoms with E-state index in [1.807, 2.05) is 18.2 Å².